The lowest BCUT2D eigenvalue weighted by atomic mass is 10.1. The van der Waals surface area contributed by atoms with Gasteiger partial charge in [0.2, 0.25) is 0 Å². The Kier molecular flexibility index (Phi) is 5.41. The molecule has 1 aliphatic rings. The maximum Gasteiger partial charge on any atom is 0.161 e. The van der Waals surface area contributed by atoms with Crippen LogP contribution in [0.15, 0.2) is 71.5 Å². The molecule has 2 heterocycles. The van der Waals surface area contributed by atoms with Crippen molar-refractivity contribution < 1.29 is 9.47 Å². The van der Waals surface area contributed by atoms with Crippen LogP contribution in [0.25, 0.3) is 11.1 Å². The minimum atomic E-state index is 0.0208. The number of halogens is 1. The summed E-state index contributed by atoms with van der Waals surface area (Å²) >= 11 is 3.48. The van der Waals surface area contributed by atoms with Gasteiger partial charge < -0.3 is 9.47 Å². The highest BCUT2D eigenvalue weighted by atomic mass is 79.9. The molecule has 27 heavy (non-hydrogen) atoms. The van der Waals surface area contributed by atoms with E-state index in [1.165, 1.54) is 5.56 Å². The molecule has 5 heteroatoms. The van der Waals surface area contributed by atoms with Crippen molar-refractivity contribution in [2.24, 2.45) is 0 Å². The van der Waals surface area contributed by atoms with Gasteiger partial charge in [0.15, 0.2) is 11.5 Å². The average molecular weight is 425 g/mol. The number of pyridine rings is 1. The molecule has 0 amide bonds. The Morgan fingerprint density at radius 3 is 2.63 bits per heavy atom. The topological polar surface area (TPSA) is 34.6 Å². The lowest BCUT2D eigenvalue weighted by Gasteiger charge is -2.29. The fraction of sp³-hybridized carbons (Fsp3) is 0.227. The lowest BCUT2D eigenvalue weighted by molar-refractivity contribution is 0.0638. The molecule has 1 atom stereocenters. The zero-order chi connectivity index (χ0) is 18.6. The van der Waals surface area contributed by atoms with Crippen LogP contribution in [0, 0.1) is 0 Å². The highest BCUT2D eigenvalue weighted by Crippen LogP contribution is 2.31. The Balaban J connectivity index is 1.39. The first-order valence-electron chi connectivity index (χ1n) is 8.94. The highest BCUT2D eigenvalue weighted by molar-refractivity contribution is 9.10. The van der Waals surface area contributed by atoms with E-state index < -0.39 is 0 Å². The second-order valence-corrected chi connectivity index (χ2v) is 7.70. The number of aromatic nitrogens is 1. The van der Waals surface area contributed by atoms with E-state index in [0.29, 0.717) is 6.61 Å². The van der Waals surface area contributed by atoms with E-state index in [9.17, 15) is 0 Å². The summed E-state index contributed by atoms with van der Waals surface area (Å²) in [4.78, 5) is 6.66. The number of likely N-dealkylation sites (N-methyl/N-ethyl adjacent to an activating group) is 1. The zero-order valence-corrected chi connectivity index (χ0v) is 16.7. The summed E-state index contributed by atoms with van der Waals surface area (Å²) in [5.74, 6) is 1.64. The van der Waals surface area contributed by atoms with E-state index in [0.717, 1.165) is 40.2 Å². The van der Waals surface area contributed by atoms with E-state index in [1.807, 2.05) is 48.8 Å². The van der Waals surface area contributed by atoms with E-state index in [2.05, 4.69) is 51.1 Å². The molecule has 4 rings (SSSR count). The monoisotopic (exact) mass is 424 g/mol. The molecule has 4 nitrogen and oxygen atoms in total. The van der Waals surface area contributed by atoms with Crippen molar-refractivity contribution in [3.8, 4) is 22.6 Å². The fourth-order valence-corrected chi connectivity index (χ4v) is 3.52. The molecule has 0 saturated heterocycles. The number of hydrogen-bond acceptors (Lipinski definition) is 4. The van der Waals surface area contributed by atoms with Gasteiger partial charge in [0.05, 0.1) is 0 Å². The molecule has 1 unspecified atom stereocenters. The maximum absolute atomic E-state index is 6.06. The number of nitrogens with zero attached hydrogens (tertiary/aromatic N) is 2. The van der Waals surface area contributed by atoms with Crippen LogP contribution >= 0.6 is 15.9 Å². The largest absolute Gasteiger partial charge is 0.486 e. The van der Waals surface area contributed by atoms with Crippen molar-refractivity contribution >= 4 is 15.9 Å². The van der Waals surface area contributed by atoms with Gasteiger partial charge in [-0.2, -0.15) is 0 Å². The Labute approximate surface area is 167 Å². The van der Waals surface area contributed by atoms with Crippen molar-refractivity contribution in [1.29, 1.82) is 0 Å². The second-order valence-electron chi connectivity index (χ2n) is 6.78. The molecule has 0 aliphatic carbocycles. The van der Waals surface area contributed by atoms with E-state index in [-0.39, 0.29) is 6.10 Å². The van der Waals surface area contributed by atoms with Gasteiger partial charge in [0.1, 0.15) is 12.7 Å². The summed E-state index contributed by atoms with van der Waals surface area (Å²) in [5, 5.41) is 0. The second kappa shape index (κ2) is 8.11. The molecular weight excluding hydrogens is 404 g/mol. The van der Waals surface area contributed by atoms with E-state index >= 15 is 0 Å². The molecule has 0 spiro atoms. The molecule has 0 radical (unpaired) electrons. The van der Waals surface area contributed by atoms with Crippen molar-refractivity contribution in [1.82, 2.24) is 9.88 Å². The first-order chi connectivity index (χ1) is 13.2. The molecule has 3 aromatic rings. The van der Waals surface area contributed by atoms with Crippen LogP contribution in [0.2, 0.25) is 0 Å². The van der Waals surface area contributed by atoms with Gasteiger partial charge in [0, 0.05) is 35.5 Å². The quantitative estimate of drug-likeness (QED) is 0.589. The summed E-state index contributed by atoms with van der Waals surface area (Å²) in [6, 6.07) is 18.3. The lowest BCUT2D eigenvalue weighted by Crippen LogP contribution is -2.39. The third-order valence-electron chi connectivity index (χ3n) is 4.51. The molecule has 1 aliphatic heterocycles. The number of benzene rings is 2. The minimum Gasteiger partial charge on any atom is -0.486 e. The number of hydrogen-bond donors (Lipinski definition) is 0. The molecule has 0 fully saturated rings. The predicted molar refractivity (Wildman–Crippen MR) is 110 cm³/mol. The van der Waals surface area contributed by atoms with Crippen LogP contribution in [0.3, 0.4) is 0 Å². The molecule has 0 N–H and O–H groups in total. The third kappa shape index (κ3) is 4.49. The minimum absolute atomic E-state index is 0.0208. The summed E-state index contributed by atoms with van der Waals surface area (Å²) in [6.45, 7) is 2.16. The van der Waals surface area contributed by atoms with Gasteiger partial charge in [-0.15, -0.1) is 0 Å². The van der Waals surface area contributed by atoms with Crippen LogP contribution in [0.5, 0.6) is 11.5 Å². The van der Waals surface area contributed by atoms with Crippen LogP contribution in [-0.4, -0.2) is 36.2 Å². The first-order valence-corrected chi connectivity index (χ1v) is 9.73. The Bertz CT molecular complexity index is 914. The van der Waals surface area contributed by atoms with Gasteiger partial charge in [-0.3, -0.25) is 9.88 Å². The molecule has 0 bridgehead atoms. The van der Waals surface area contributed by atoms with Crippen molar-refractivity contribution in [2.75, 3.05) is 20.2 Å². The van der Waals surface area contributed by atoms with E-state index in [4.69, 9.17) is 9.47 Å². The zero-order valence-electron chi connectivity index (χ0n) is 15.1. The standard InChI is InChI=1S/C22H21BrN2O2/c1-25(14-20-15-26-21-4-2-3-5-22(21)27-20)13-16-10-18(12-24-11-16)17-6-8-19(23)9-7-17/h2-12,20H,13-15H2,1H3. The van der Waals surface area contributed by atoms with Gasteiger partial charge in [0.25, 0.3) is 0 Å². The summed E-state index contributed by atoms with van der Waals surface area (Å²) in [6.07, 6.45) is 3.85. The van der Waals surface area contributed by atoms with E-state index in [1.54, 1.807) is 0 Å². The van der Waals surface area contributed by atoms with Gasteiger partial charge in [-0.1, -0.05) is 40.2 Å². The summed E-state index contributed by atoms with van der Waals surface area (Å²) in [5.41, 5.74) is 3.46. The van der Waals surface area contributed by atoms with Gasteiger partial charge in [-0.05, 0) is 48.5 Å². The molecular formula is C22H21BrN2O2. The van der Waals surface area contributed by atoms with Gasteiger partial charge in [-0.25, -0.2) is 0 Å². The third-order valence-corrected chi connectivity index (χ3v) is 5.04. The number of para-hydroxylation sites is 2. The van der Waals surface area contributed by atoms with Crippen LogP contribution in [0.4, 0.5) is 0 Å². The molecule has 1 aromatic heterocycles. The predicted octanol–water partition coefficient (Wildman–Crippen LogP) is 4.78. The Morgan fingerprint density at radius 2 is 1.81 bits per heavy atom. The van der Waals surface area contributed by atoms with Crippen molar-refractivity contribution in [3.63, 3.8) is 0 Å². The van der Waals surface area contributed by atoms with Crippen molar-refractivity contribution in [2.45, 2.75) is 12.6 Å². The van der Waals surface area contributed by atoms with Crippen LogP contribution < -0.4 is 9.47 Å². The highest BCUT2D eigenvalue weighted by Gasteiger charge is 2.21. The summed E-state index contributed by atoms with van der Waals surface area (Å²) in [7, 11) is 2.09. The molecule has 2 aromatic carbocycles. The molecule has 0 saturated carbocycles. The first kappa shape index (κ1) is 18.0. The molecule has 138 valence electrons. The number of ether oxygens (including phenoxy) is 2. The Hall–Kier alpha value is -2.37. The number of rotatable bonds is 5. The van der Waals surface area contributed by atoms with Gasteiger partial charge >= 0.3 is 0 Å². The maximum atomic E-state index is 6.06. The SMILES string of the molecule is CN(Cc1cncc(-c2ccc(Br)cc2)c1)CC1COc2ccccc2O1. The normalized spacial score (nSPS) is 15.7. The Morgan fingerprint density at radius 1 is 1.04 bits per heavy atom. The van der Waals surface area contributed by atoms with Crippen LogP contribution in [0.1, 0.15) is 5.56 Å². The summed E-state index contributed by atoms with van der Waals surface area (Å²) < 4.78 is 12.9. The smallest absolute Gasteiger partial charge is 0.161 e. The fourth-order valence-electron chi connectivity index (χ4n) is 3.25. The van der Waals surface area contributed by atoms with Crippen LogP contribution in [-0.2, 0) is 6.54 Å². The average Bonchev–Trinajstić information content (AvgIpc) is 2.68. The number of fused-ring (bicyclic) bond motifs is 1. The van der Waals surface area contributed by atoms with Crippen molar-refractivity contribution in [3.05, 3.63) is 77.0 Å².